The maximum Gasteiger partial charge on any atom is 0.136 e. The minimum atomic E-state index is 0.962. The predicted molar refractivity (Wildman–Crippen MR) is 52.6 cm³/mol. The highest BCUT2D eigenvalue weighted by Crippen LogP contribution is 2.06. The van der Waals surface area contributed by atoms with Crippen molar-refractivity contribution in [3.63, 3.8) is 0 Å². The first-order valence-corrected chi connectivity index (χ1v) is 4.32. The van der Waals surface area contributed by atoms with E-state index in [0.29, 0.717) is 0 Å². The molecule has 0 spiro atoms. The second-order valence-electron chi connectivity index (χ2n) is 3.47. The zero-order chi connectivity index (χ0) is 9.26. The van der Waals surface area contributed by atoms with E-state index < -0.39 is 0 Å². The van der Waals surface area contributed by atoms with Crippen LogP contribution in [0.1, 0.15) is 5.56 Å². The van der Waals surface area contributed by atoms with E-state index in [1.165, 1.54) is 5.56 Å². The van der Waals surface area contributed by atoms with Crippen molar-refractivity contribution in [1.29, 1.82) is 0 Å². The number of aromatic nitrogens is 2. The van der Waals surface area contributed by atoms with Crippen LogP contribution in [0, 0.1) is 0 Å². The molecule has 0 saturated carbocycles. The zero-order valence-electron chi connectivity index (χ0n) is 7.94. The van der Waals surface area contributed by atoms with E-state index >= 15 is 0 Å². The van der Waals surface area contributed by atoms with E-state index in [1.54, 1.807) is 0 Å². The van der Waals surface area contributed by atoms with Crippen molar-refractivity contribution >= 4 is 5.65 Å². The Morgan fingerprint density at radius 2 is 2.23 bits per heavy atom. The van der Waals surface area contributed by atoms with Crippen molar-refractivity contribution in [3.8, 4) is 0 Å². The molecule has 3 nitrogen and oxygen atoms in total. The van der Waals surface area contributed by atoms with Gasteiger partial charge in [0.1, 0.15) is 5.65 Å². The molecule has 0 aromatic carbocycles. The highest BCUT2D eigenvalue weighted by Gasteiger charge is 1.97. The Hall–Kier alpha value is -1.35. The molecule has 68 valence electrons. The van der Waals surface area contributed by atoms with Gasteiger partial charge >= 0.3 is 0 Å². The molecular formula is C10H13N3. The maximum absolute atomic E-state index is 4.23. The van der Waals surface area contributed by atoms with Gasteiger partial charge in [-0.1, -0.05) is 0 Å². The second-order valence-corrected chi connectivity index (χ2v) is 3.47. The van der Waals surface area contributed by atoms with Crippen LogP contribution < -0.4 is 0 Å². The quantitative estimate of drug-likeness (QED) is 0.687. The zero-order valence-corrected chi connectivity index (χ0v) is 7.94. The third-order valence-electron chi connectivity index (χ3n) is 1.96. The molecule has 3 heteroatoms. The molecule has 13 heavy (non-hydrogen) atoms. The van der Waals surface area contributed by atoms with Crippen LogP contribution in [0.15, 0.2) is 30.7 Å². The Balaban J connectivity index is 2.37. The fourth-order valence-corrected chi connectivity index (χ4v) is 1.42. The van der Waals surface area contributed by atoms with Crippen molar-refractivity contribution < 1.29 is 0 Å². The van der Waals surface area contributed by atoms with Crippen LogP contribution in [0.25, 0.3) is 5.65 Å². The number of rotatable bonds is 2. The lowest BCUT2D eigenvalue weighted by Crippen LogP contribution is -2.10. The molecule has 2 rings (SSSR count). The molecule has 2 aromatic rings. The van der Waals surface area contributed by atoms with E-state index in [9.17, 15) is 0 Å². The summed E-state index contributed by atoms with van der Waals surface area (Å²) >= 11 is 0. The van der Waals surface area contributed by atoms with Gasteiger partial charge in [0.25, 0.3) is 0 Å². The van der Waals surface area contributed by atoms with Gasteiger partial charge in [-0.15, -0.1) is 0 Å². The minimum absolute atomic E-state index is 0.962. The summed E-state index contributed by atoms with van der Waals surface area (Å²) in [6.07, 6.45) is 5.81. The van der Waals surface area contributed by atoms with Crippen LogP contribution in [-0.2, 0) is 6.54 Å². The van der Waals surface area contributed by atoms with Crippen molar-refractivity contribution in [2.45, 2.75) is 6.54 Å². The van der Waals surface area contributed by atoms with Crippen molar-refractivity contribution in [3.05, 3.63) is 36.3 Å². The van der Waals surface area contributed by atoms with Gasteiger partial charge in [0.05, 0.1) is 0 Å². The first-order valence-electron chi connectivity index (χ1n) is 4.32. The van der Waals surface area contributed by atoms with Crippen molar-refractivity contribution in [2.75, 3.05) is 14.1 Å². The van der Waals surface area contributed by atoms with E-state index in [0.717, 1.165) is 12.2 Å². The number of hydrogen-bond acceptors (Lipinski definition) is 2. The van der Waals surface area contributed by atoms with Crippen molar-refractivity contribution in [1.82, 2.24) is 14.3 Å². The highest BCUT2D eigenvalue weighted by atomic mass is 15.1. The minimum Gasteiger partial charge on any atom is -0.307 e. The number of hydrogen-bond donors (Lipinski definition) is 0. The van der Waals surface area contributed by atoms with Gasteiger partial charge in [0, 0.05) is 25.1 Å². The lowest BCUT2D eigenvalue weighted by molar-refractivity contribution is 0.402. The van der Waals surface area contributed by atoms with Crippen molar-refractivity contribution in [2.24, 2.45) is 0 Å². The summed E-state index contributed by atoms with van der Waals surface area (Å²) in [7, 11) is 4.13. The van der Waals surface area contributed by atoms with Gasteiger partial charge in [0.15, 0.2) is 0 Å². The van der Waals surface area contributed by atoms with Gasteiger partial charge in [-0.25, -0.2) is 4.98 Å². The molecule has 0 saturated heterocycles. The number of nitrogens with zero attached hydrogens (tertiary/aromatic N) is 3. The molecule has 0 aliphatic heterocycles. The summed E-state index contributed by atoms with van der Waals surface area (Å²) in [5.74, 6) is 0. The SMILES string of the molecule is CN(C)Cc1ccn2ccnc2c1. The summed E-state index contributed by atoms with van der Waals surface area (Å²) in [6, 6.07) is 4.23. The Bertz CT molecular complexity index is 403. The van der Waals surface area contributed by atoms with Gasteiger partial charge in [-0.2, -0.15) is 0 Å². The van der Waals surface area contributed by atoms with Gasteiger partial charge in [-0.05, 0) is 31.8 Å². The van der Waals surface area contributed by atoms with E-state index in [2.05, 4.69) is 36.1 Å². The Morgan fingerprint density at radius 1 is 1.38 bits per heavy atom. The normalized spacial score (nSPS) is 11.3. The fourth-order valence-electron chi connectivity index (χ4n) is 1.42. The third kappa shape index (κ3) is 1.70. The lowest BCUT2D eigenvalue weighted by atomic mass is 10.2. The second kappa shape index (κ2) is 3.18. The first-order chi connectivity index (χ1) is 6.25. The van der Waals surface area contributed by atoms with Crippen LogP contribution in [-0.4, -0.2) is 28.4 Å². The van der Waals surface area contributed by atoms with Gasteiger partial charge in [-0.3, -0.25) is 0 Å². The fraction of sp³-hybridized carbons (Fsp3) is 0.300. The molecule has 0 fully saturated rings. The third-order valence-corrected chi connectivity index (χ3v) is 1.96. The number of pyridine rings is 1. The molecule has 0 radical (unpaired) electrons. The molecule has 0 bridgehead atoms. The average Bonchev–Trinajstić information content (AvgIpc) is 2.49. The largest absolute Gasteiger partial charge is 0.307 e. The smallest absolute Gasteiger partial charge is 0.136 e. The standard InChI is InChI=1S/C10H13N3/c1-12(2)8-9-3-5-13-6-4-11-10(13)7-9/h3-7H,8H2,1-2H3. The Morgan fingerprint density at radius 3 is 3.00 bits per heavy atom. The monoisotopic (exact) mass is 175 g/mol. The molecule has 0 unspecified atom stereocenters. The predicted octanol–water partition coefficient (Wildman–Crippen LogP) is 1.40. The summed E-state index contributed by atoms with van der Waals surface area (Å²) in [5.41, 5.74) is 2.31. The van der Waals surface area contributed by atoms with E-state index in [-0.39, 0.29) is 0 Å². The van der Waals surface area contributed by atoms with E-state index in [1.807, 2.05) is 23.0 Å². The average molecular weight is 175 g/mol. The first kappa shape index (κ1) is 8.26. The van der Waals surface area contributed by atoms with Gasteiger partial charge in [0.2, 0.25) is 0 Å². The molecule has 2 aromatic heterocycles. The lowest BCUT2D eigenvalue weighted by Gasteiger charge is -2.09. The van der Waals surface area contributed by atoms with Crippen LogP contribution in [0.2, 0.25) is 0 Å². The molecular weight excluding hydrogens is 162 g/mol. The number of fused-ring (bicyclic) bond motifs is 1. The molecule has 2 heterocycles. The molecule has 0 N–H and O–H groups in total. The molecule has 0 aliphatic carbocycles. The Kier molecular flexibility index (Phi) is 2.02. The van der Waals surface area contributed by atoms with Gasteiger partial charge < -0.3 is 9.30 Å². The van der Waals surface area contributed by atoms with Crippen LogP contribution >= 0.6 is 0 Å². The summed E-state index contributed by atoms with van der Waals surface area (Å²) in [5, 5.41) is 0. The molecule has 0 aliphatic rings. The topological polar surface area (TPSA) is 20.5 Å². The summed E-state index contributed by atoms with van der Waals surface area (Å²) in [4.78, 5) is 6.38. The molecule has 0 amide bonds. The summed E-state index contributed by atoms with van der Waals surface area (Å²) in [6.45, 7) is 0.962. The van der Waals surface area contributed by atoms with Crippen LogP contribution in [0.5, 0.6) is 0 Å². The number of imidazole rings is 1. The molecule has 0 atom stereocenters. The van der Waals surface area contributed by atoms with Crippen LogP contribution in [0.3, 0.4) is 0 Å². The summed E-state index contributed by atoms with van der Waals surface area (Å²) < 4.78 is 2.01. The highest BCUT2D eigenvalue weighted by molar-refractivity contribution is 5.41. The Labute approximate surface area is 77.6 Å². The van der Waals surface area contributed by atoms with Crippen LogP contribution in [0.4, 0.5) is 0 Å². The maximum atomic E-state index is 4.23. The van der Waals surface area contributed by atoms with E-state index in [4.69, 9.17) is 0 Å².